The number of nitrogens with two attached hydrogens (primary N) is 1. The second kappa shape index (κ2) is 4.04. The smallest absolute Gasteiger partial charge is 0.186 e. The fourth-order valence-corrected chi connectivity index (χ4v) is 2.65. The average Bonchev–Trinajstić information content (AvgIpc) is 2.57. The van der Waals surface area contributed by atoms with Crippen LogP contribution in [0.5, 0.6) is 0 Å². The SMILES string of the molecule is CC1CCN(c2nc(Cl)cs2)CC1N. The van der Waals surface area contributed by atoms with Crippen LogP contribution < -0.4 is 10.6 Å². The average molecular weight is 232 g/mol. The number of thiazole rings is 1. The van der Waals surface area contributed by atoms with Crippen LogP contribution in [0, 0.1) is 5.92 Å². The van der Waals surface area contributed by atoms with Crippen LogP contribution in [-0.4, -0.2) is 24.1 Å². The largest absolute Gasteiger partial charge is 0.346 e. The van der Waals surface area contributed by atoms with Gasteiger partial charge >= 0.3 is 0 Å². The second-order valence-corrected chi connectivity index (χ2v) is 5.05. The van der Waals surface area contributed by atoms with Crippen LogP contribution in [-0.2, 0) is 0 Å². The van der Waals surface area contributed by atoms with E-state index in [-0.39, 0.29) is 6.04 Å². The third kappa shape index (κ3) is 2.02. The molecule has 1 aliphatic heterocycles. The quantitative estimate of drug-likeness (QED) is 0.804. The molecule has 1 fully saturated rings. The van der Waals surface area contributed by atoms with Gasteiger partial charge in [-0.05, 0) is 12.3 Å². The Morgan fingerprint density at radius 2 is 2.50 bits per heavy atom. The van der Waals surface area contributed by atoms with Gasteiger partial charge in [0.25, 0.3) is 0 Å². The monoisotopic (exact) mass is 231 g/mol. The highest BCUT2D eigenvalue weighted by Crippen LogP contribution is 2.27. The summed E-state index contributed by atoms with van der Waals surface area (Å²) in [6, 6.07) is 0.256. The third-order valence-electron chi connectivity index (χ3n) is 2.75. The molecule has 2 rings (SSSR count). The maximum atomic E-state index is 6.01. The van der Waals surface area contributed by atoms with Gasteiger partial charge in [-0.3, -0.25) is 0 Å². The van der Waals surface area contributed by atoms with Crippen molar-refractivity contribution in [1.29, 1.82) is 0 Å². The number of halogens is 1. The maximum Gasteiger partial charge on any atom is 0.186 e. The summed E-state index contributed by atoms with van der Waals surface area (Å²) in [5.74, 6) is 0.613. The minimum atomic E-state index is 0.256. The lowest BCUT2D eigenvalue weighted by atomic mass is 9.95. The lowest BCUT2D eigenvalue weighted by Crippen LogP contribution is -2.47. The number of rotatable bonds is 1. The van der Waals surface area contributed by atoms with Gasteiger partial charge in [-0.2, -0.15) is 0 Å². The molecule has 0 aliphatic carbocycles. The van der Waals surface area contributed by atoms with Crippen molar-refractivity contribution in [3.05, 3.63) is 10.5 Å². The van der Waals surface area contributed by atoms with Crippen LogP contribution in [0.2, 0.25) is 5.15 Å². The molecule has 1 aromatic rings. The van der Waals surface area contributed by atoms with E-state index < -0.39 is 0 Å². The summed E-state index contributed by atoms with van der Waals surface area (Å²) < 4.78 is 0. The Labute approximate surface area is 92.9 Å². The molecule has 2 unspecified atom stereocenters. The van der Waals surface area contributed by atoms with Gasteiger partial charge in [0.1, 0.15) is 5.15 Å². The summed E-state index contributed by atoms with van der Waals surface area (Å²) in [6.45, 7) is 4.14. The van der Waals surface area contributed by atoms with Gasteiger partial charge in [-0.1, -0.05) is 18.5 Å². The number of hydrogen-bond donors (Lipinski definition) is 1. The first-order valence-corrected chi connectivity index (χ1v) is 6.04. The second-order valence-electron chi connectivity index (χ2n) is 3.83. The molecular weight excluding hydrogens is 218 g/mol. The van der Waals surface area contributed by atoms with Gasteiger partial charge in [0.15, 0.2) is 5.13 Å². The van der Waals surface area contributed by atoms with Crippen LogP contribution in [0.1, 0.15) is 13.3 Å². The number of hydrogen-bond acceptors (Lipinski definition) is 4. The lowest BCUT2D eigenvalue weighted by molar-refractivity contribution is 0.379. The van der Waals surface area contributed by atoms with Gasteiger partial charge in [0, 0.05) is 24.5 Å². The zero-order valence-corrected chi connectivity index (χ0v) is 9.68. The van der Waals surface area contributed by atoms with Crippen molar-refractivity contribution < 1.29 is 0 Å². The zero-order chi connectivity index (χ0) is 10.1. The van der Waals surface area contributed by atoms with Gasteiger partial charge in [0.2, 0.25) is 0 Å². The van der Waals surface area contributed by atoms with E-state index in [1.165, 1.54) is 0 Å². The fraction of sp³-hybridized carbons (Fsp3) is 0.667. The third-order valence-corrected chi connectivity index (χ3v) is 3.98. The van der Waals surface area contributed by atoms with Crippen molar-refractivity contribution in [3.8, 4) is 0 Å². The molecule has 0 amide bonds. The van der Waals surface area contributed by atoms with Crippen LogP contribution >= 0.6 is 22.9 Å². The molecule has 1 aromatic heterocycles. The van der Waals surface area contributed by atoms with Gasteiger partial charge in [-0.15, -0.1) is 11.3 Å². The van der Waals surface area contributed by atoms with Crippen molar-refractivity contribution in [1.82, 2.24) is 4.98 Å². The molecule has 0 spiro atoms. The highest BCUT2D eigenvalue weighted by Gasteiger charge is 2.24. The molecule has 78 valence electrons. The fourth-order valence-electron chi connectivity index (χ4n) is 1.66. The Morgan fingerprint density at radius 3 is 3.07 bits per heavy atom. The molecule has 14 heavy (non-hydrogen) atoms. The molecule has 0 radical (unpaired) electrons. The Hall–Kier alpha value is -0.320. The topological polar surface area (TPSA) is 42.2 Å². The number of aromatic nitrogens is 1. The van der Waals surface area contributed by atoms with Gasteiger partial charge in [0.05, 0.1) is 0 Å². The Morgan fingerprint density at radius 1 is 1.71 bits per heavy atom. The Bertz CT molecular complexity index is 315. The lowest BCUT2D eigenvalue weighted by Gasteiger charge is -2.34. The molecular formula is C9H14ClN3S. The molecule has 0 bridgehead atoms. The van der Waals surface area contributed by atoms with E-state index in [2.05, 4.69) is 16.8 Å². The van der Waals surface area contributed by atoms with Crippen LogP contribution in [0.3, 0.4) is 0 Å². The van der Waals surface area contributed by atoms with Crippen LogP contribution in [0.15, 0.2) is 5.38 Å². The molecule has 5 heteroatoms. The van der Waals surface area contributed by atoms with Gasteiger partial charge in [-0.25, -0.2) is 4.98 Å². The molecule has 2 N–H and O–H groups in total. The van der Waals surface area contributed by atoms with E-state index in [4.69, 9.17) is 17.3 Å². The minimum Gasteiger partial charge on any atom is -0.346 e. The van der Waals surface area contributed by atoms with Crippen molar-refractivity contribution in [2.24, 2.45) is 11.7 Å². The van der Waals surface area contributed by atoms with Crippen molar-refractivity contribution in [2.45, 2.75) is 19.4 Å². The number of nitrogens with zero attached hydrogens (tertiary/aromatic N) is 2. The highest BCUT2D eigenvalue weighted by atomic mass is 35.5. The van der Waals surface area contributed by atoms with E-state index in [0.717, 1.165) is 24.6 Å². The van der Waals surface area contributed by atoms with E-state index in [9.17, 15) is 0 Å². The standard InChI is InChI=1S/C9H14ClN3S/c1-6-2-3-13(4-7(6)11)9-12-8(10)5-14-9/h5-7H,2-4,11H2,1H3. The molecule has 0 aromatic carbocycles. The normalized spacial score (nSPS) is 28.1. The van der Waals surface area contributed by atoms with Crippen LogP contribution in [0.25, 0.3) is 0 Å². The molecule has 3 nitrogen and oxygen atoms in total. The predicted octanol–water partition coefficient (Wildman–Crippen LogP) is 1.97. The maximum absolute atomic E-state index is 6.01. The molecule has 2 atom stereocenters. The van der Waals surface area contributed by atoms with E-state index >= 15 is 0 Å². The summed E-state index contributed by atoms with van der Waals surface area (Å²) in [6.07, 6.45) is 1.14. The van der Waals surface area contributed by atoms with Crippen molar-refractivity contribution in [3.63, 3.8) is 0 Å². The van der Waals surface area contributed by atoms with Crippen molar-refractivity contribution in [2.75, 3.05) is 18.0 Å². The van der Waals surface area contributed by atoms with Crippen LogP contribution in [0.4, 0.5) is 5.13 Å². The molecule has 2 heterocycles. The van der Waals surface area contributed by atoms with Gasteiger partial charge < -0.3 is 10.6 Å². The first-order chi connectivity index (χ1) is 6.66. The molecule has 1 saturated heterocycles. The summed E-state index contributed by atoms with van der Waals surface area (Å²) in [7, 11) is 0. The summed E-state index contributed by atoms with van der Waals surface area (Å²) in [5.41, 5.74) is 6.01. The Kier molecular flexibility index (Phi) is 2.95. The predicted molar refractivity (Wildman–Crippen MR) is 61.1 cm³/mol. The summed E-state index contributed by atoms with van der Waals surface area (Å²) >= 11 is 7.37. The Balaban J connectivity index is 2.06. The number of anilines is 1. The highest BCUT2D eigenvalue weighted by molar-refractivity contribution is 7.14. The summed E-state index contributed by atoms with van der Waals surface area (Å²) in [4.78, 5) is 6.47. The summed E-state index contributed by atoms with van der Waals surface area (Å²) in [5, 5.41) is 3.44. The van der Waals surface area contributed by atoms with E-state index in [0.29, 0.717) is 11.1 Å². The first-order valence-electron chi connectivity index (χ1n) is 4.78. The zero-order valence-electron chi connectivity index (χ0n) is 8.11. The molecule has 0 saturated carbocycles. The van der Waals surface area contributed by atoms with Crippen molar-refractivity contribution >= 4 is 28.1 Å². The van der Waals surface area contributed by atoms with E-state index in [1.807, 2.05) is 5.38 Å². The molecule has 1 aliphatic rings. The minimum absolute atomic E-state index is 0.256. The first kappa shape index (κ1) is 10.2. The number of piperidine rings is 1. The van der Waals surface area contributed by atoms with E-state index in [1.54, 1.807) is 11.3 Å².